The number of rotatable bonds is 11. The lowest BCUT2D eigenvalue weighted by Gasteiger charge is -2.28. The van der Waals surface area contributed by atoms with Gasteiger partial charge in [-0.1, -0.05) is 58.5 Å². The molecule has 1 aromatic heterocycles. The lowest BCUT2D eigenvalue weighted by atomic mass is 9.90. The van der Waals surface area contributed by atoms with Crippen LogP contribution in [-0.2, 0) is 24.4 Å². The Bertz CT molecular complexity index is 933. The van der Waals surface area contributed by atoms with Gasteiger partial charge in [-0.3, -0.25) is 4.79 Å². The highest BCUT2D eigenvalue weighted by atomic mass is 32.2. The Morgan fingerprint density at radius 2 is 1.88 bits per heavy atom. The zero-order valence-electron chi connectivity index (χ0n) is 20.2. The van der Waals surface area contributed by atoms with Gasteiger partial charge >= 0.3 is 0 Å². The summed E-state index contributed by atoms with van der Waals surface area (Å²) in [5.41, 5.74) is 0.348. The quantitative estimate of drug-likeness (QED) is 0.495. The second-order valence-electron chi connectivity index (χ2n) is 8.91. The molecular formula is C24H35N5O2S. The molecule has 0 saturated carbocycles. The standard InChI is InChI=1S/C24H35N5O2S/c1-8-19-9-11-20(12-10-19)31-14-21-27-28-23(29(21)13-16(2)3)32-18(6)22(30)26-24(7,15-25)17(4)5/h9-12,16-18H,8,13-14H2,1-7H3,(H,26,30). The van der Waals surface area contributed by atoms with Crippen LogP contribution >= 0.6 is 11.8 Å². The first-order valence-corrected chi connectivity index (χ1v) is 12.0. The number of nitriles is 1. The van der Waals surface area contributed by atoms with Gasteiger partial charge in [0.1, 0.15) is 17.9 Å². The predicted molar refractivity (Wildman–Crippen MR) is 127 cm³/mol. The van der Waals surface area contributed by atoms with Crippen LogP contribution in [0.5, 0.6) is 5.75 Å². The molecule has 1 heterocycles. The van der Waals surface area contributed by atoms with Gasteiger partial charge in [0.05, 0.1) is 11.3 Å². The maximum atomic E-state index is 12.8. The Kier molecular flexibility index (Phi) is 9.14. The third-order valence-electron chi connectivity index (χ3n) is 5.46. The van der Waals surface area contributed by atoms with E-state index in [9.17, 15) is 10.1 Å². The highest BCUT2D eigenvalue weighted by Gasteiger charge is 2.32. The van der Waals surface area contributed by atoms with Crippen LogP contribution in [0.1, 0.15) is 59.9 Å². The largest absolute Gasteiger partial charge is 0.486 e. The molecule has 0 aliphatic heterocycles. The summed E-state index contributed by atoms with van der Waals surface area (Å²) in [6.45, 7) is 14.8. The van der Waals surface area contributed by atoms with Crippen LogP contribution in [0.25, 0.3) is 0 Å². The Morgan fingerprint density at radius 3 is 2.41 bits per heavy atom. The fourth-order valence-electron chi connectivity index (χ4n) is 2.90. The molecular weight excluding hydrogens is 422 g/mol. The highest BCUT2D eigenvalue weighted by molar-refractivity contribution is 8.00. The van der Waals surface area contributed by atoms with Crippen molar-refractivity contribution in [3.05, 3.63) is 35.7 Å². The molecule has 0 radical (unpaired) electrons. The van der Waals surface area contributed by atoms with Gasteiger partial charge in [0, 0.05) is 6.54 Å². The van der Waals surface area contributed by atoms with Gasteiger partial charge in [-0.15, -0.1) is 10.2 Å². The van der Waals surface area contributed by atoms with E-state index in [4.69, 9.17) is 4.74 Å². The zero-order valence-corrected chi connectivity index (χ0v) is 21.0. The number of nitrogens with zero attached hydrogens (tertiary/aromatic N) is 4. The number of aromatic nitrogens is 3. The number of carbonyl (C=O) groups is 1. The molecule has 0 aliphatic carbocycles. The molecule has 0 saturated heterocycles. The van der Waals surface area contributed by atoms with Crippen molar-refractivity contribution < 1.29 is 9.53 Å². The molecule has 2 atom stereocenters. The van der Waals surface area contributed by atoms with Crippen LogP contribution < -0.4 is 10.1 Å². The summed E-state index contributed by atoms with van der Waals surface area (Å²) in [5, 5.41) is 21.3. The predicted octanol–water partition coefficient (Wildman–Crippen LogP) is 4.61. The Labute approximate surface area is 195 Å². The van der Waals surface area contributed by atoms with Gasteiger partial charge in [0.2, 0.25) is 5.91 Å². The van der Waals surface area contributed by atoms with Crippen LogP contribution in [0.4, 0.5) is 0 Å². The molecule has 2 unspecified atom stereocenters. The summed E-state index contributed by atoms with van der Waals surface area (Å²) in [6, 6.07) is 10.3. The molecule has 8 heteroatoms. The average molecular weight is 458 g/mol. The summed E-state index contributed by atoms with van der Waals surface area (Å²) in [4.78, 5) is 12.8. The maximum Gasteiger partial charge on any atom is 0.234 e. The lowest BCUT2D eigenvalue weighted by Crippen LogP contribution is -2.51. The molecule has 0 bridgehead atoms. The SMILES string of the molecule is CCc1ccc(OCc2nnc(SC(C)C(=O)NC(C)(C#N)C(C)C)n2CC(C)C)cc1. The number of hydrogen-bond donors (Lipinski definition) is 1. The summed E-state index contributed by atoms with van der Waals surface area (Å²) < 4.78 is 7.96. The lowest BCUT2D eigenvalue weighted by molar-refractivity contribution is -0.121. The van der Waals surface area contributed by atoms with E-state index in [2.05, 4.69) is 54.5 Å². The Morgan fingerprint density at radius 1 is 1.22 bits per heavy atom. The number of carbonyl (C=O) groups excluding carboxylic acids is 1. The molecule has 32 heavy (non-hydrogen) atoms. The molecule has 7 nitrogen and oxygen atoms in total. The van der Waals surface area contributed by atoms with Crippen LogP contribution in [0.2, 0.25) is 0 Å². The molecule has 1 aromatic carbocycles. The molecule has 2 rings (SSSR count). The maximum absolute atomic E-state index is 12.8. The van der Waals surface area contributed by atoms with Crippen molar-refractivity contribution in [1.29, 1.82) is 5.26 Å². The highest BCUT2D eigenvalue weighted by Crippen LogP contribution is 2.25. The summed E-state index contributed by atoms with van der Waals surface area (Å²) in [5.74, 6) is 1.68. The first kappa shape index (κ1) is 25.7. The Hall–Kier alpha value is -2.53. The van der Waals surface area contributed by atoms with Gasteiger partial charge in [-0.05, 0) is 49.8 Å². The molecule has 2 aromatic rings. The van der Waals surface area contributed by atoms with Crippen molar-refractivity contribution >= 4 is 17.7 Å². The van der Waals surface area contributed by atoms with E-state index >= 15 is 0 Å². The summed E-state index contributed by atoms with van der Waals surface area (Å²) in [7, 11) is 0. The van der Waals surface area contributed by atoms with Gasteiger partial charge in [-0.2, -0.15) is 5.26 Å². The van der Waals surface area contributed by atoms with Crippen LogP contribution in [0.15, 0.2) is 29.4 Å². The van der Waals surface area contributed by atoms with E-state index in [1.165, 1.54) is 17.3 Å². The minimum Gasteiger partial charge on any atom is -0.486 e. The first-order chi connectivity index (χ1) is 15.1. The van der Waals surface area contributed by atoms with E-state index in [1.54, 1.807) is 6.92 Å². The van der Waals surface area contributed by atoms with Crippen molar-refractivity contribution in [3.8, 4) is 11.8 Å². The second-order valence-corrected chi connectivity index (χ2v) is 10.2. The van der Waals surface area contributed by atoms with Gasteiger partial charge < -0.3 is 14.6 Å². The van der Waals surface area contributed by atoms with E-state index in [1.807, 2.05) is 37.5 Å². The van der Waals surface area contributed by atoms with Crippen LogP contribution in [0.3, 0.4) is 0 Å². The van der Waals surface area contributed by atoms with Gasteiger partial charge in [0.25, 0.3) is 0 Å². The summed E-state index contributed by atoms with van der Waals surface area (Å²) in [6.07, 6.45) is 0.986. The fraction of sp³-hybridized carbons (Fsp3) is 0.583. The number of benzene rings is 1. The average Bonchev–Trinajstić information content (AvgIpc) is 3.12. The topological polar surface area (TPSA) is 92.8 Å². The number of aryl methyl sites for hydroxylation is 1. The first-order valence-electron chi connectivity index (χ1n) is 11.1. The smallest absolute Gasteiger partial charge is 0.234 e. The molecule has 1 amide bonds. The number of amides is 1. The third kappa shape index (κ3) is 6.73. The minimum atomic E-state index is -0.913. The van der Waals surface area contributed by atoms with E-state index in [0.29, 0.717) is 17.7 Å². The third-order valence-corrected chi connectivity index (χ3v) is 6.54. The monoisotopic (exact) mass is 457 g/mol. The summed E-state index contributed by atoms with van der Waals surface area (Å²) >= 11 is 1.34. The molecule has 0 spiro atoms. The molecule has 1 N–H and O–H groups in total. The van der Waals surface area contributed by atoms with Crippen molar-refractivity contribution in [3.63, 3.8) is 0 Å². The zero-order chi connectivity index (χ0) is 23.9. The minimum absolute atomic E-state index is 0.00612. The second kappa shape index (κ2) is 11.4. The normalized spacial score (nSPS) is 14.1. The Balaban J connectivity index is 2.13. The van der Waals surface area contributed by atoms with Gasteiger partial charge in [0.15, 0.2) is 11.0 Å². The van der Waals surface area contributed by atoms with Crippen molar-refractivity contribution in [2.24, 2.45) is 11.8 Å². The molecule has 0 fully saturated rings. The van der Waals surface area contributed by atoms with Gasteiger partial charge in [-0.25, -0.2) is 0 Å². The number of hydrogen-bond acceptors (Lipinski definition) is 6. The number of nitrogens with one attached hydrogen (secondary N) is 1. The molecule has 174 valence electrons. The van der Waals surface area contributed by atoms with Crippen LogP contribution in [-0.4, -0.2) is 31.5 Å². The number of ether oxygens (including phenoxy) is 1. The molecule has 0 aliphatic rings. The fourth-order valence-corrected chi connectivity index (χ4v) is 3.78. The van der Waals surface area contributed by atoms with Crippen molar-refractivity contribution in [2.45, 2.75) is 84.0 Å². The van der Waals surface area contributed by atoms with Crippen molar-refractivity contribution in [2.75, 3.05) is 0 Å². The van der Waals surface area contributed by atoms with E-state index in [-0.39, 0.29) is 11.8 Å². The number of thioether (sulfide) groups is 1. The van der Waals surface area contributed by atoms with E-state index in [0.717, 1.165) is 24.5 Å². The van der Waals surface area contributed by atoms with Crippen LogP contribution in [0, 0.1) is 23.2 Å². The van der Waals surface area contributed by atoms with E-state index < -0.39 is 10.8 Å². The van der Waals surface area contributed by atoms with Crippen molar-refractivity contribution in [1.82, 2.24) is 20.1 Å².